The Balaban J connectivity index is 3.17. The van der Waals surface area contributed by atoms with Gasteiger partial charge in [-0.15, -0.1) is 0 Å². The van der Waals surface area contributed by atoms with Gasteiger partial charge in [0.05, 0.1) is 13.7 Å². The summed E-state index contributed by atoms with van der Waals surface area (Å²) in [4.78, 5) is 0. The highest BCUT2D eigenvalue weighted by Gasteiger charge is 2.55. The highest BCUT2D eigenvalue weighted by Crippen LogP contribution is 2.43. The highest BCUT2D eigenvalue weighted by atomic mass is 35.5. The van der Waals surface area contributed by atoms with Crippen LogP contribution < -0.4 is 4.74 Å². The molecule has 3 nitrogen and oxygen atoms in total. The van der Waals surface area contributed by atoms with Crippen molar-refractivity contribution in [3.63, 3.8) is 0 Å². The number of aliphatic hydroxyl groups excluding tert-OH is 1. The van der Waals surface area contributed by atoms with Crippen molar-refractivity contribution in [2.24, 2.45) is 0 Å². The summed E-state index contributed by atoms with van der Waals surface area (Å²) in [6, 6.07) is 4.62. The molecular formula is C14H18ClF3O3. The lowest BCUT2D eigenvalue weighted by Gasteiger charge is -2.37. The average molecular weight is 327 g/mol. The maximum atomic E-state index is 12.9. The lowest BCUT2D eigenvalue weighted by molar-refractivity contribution is -0.277. The van der Waals surface area contributed by atoms with Crippen molar-refractivity contribution in [1.29, 1.82) is 0 Å². The summed E-state index contributed by atoms with van der Waals surface area (Å²) in [6.07, 6.45) is -5.65. The summed E-state index contributed by atoms with van der Waals surface area (Å²) in [5, 5.41) is 18.9. The number of hydrogen-bond acceptors (Lipinski definition) is 3. The third-order valence-corrected chi connectivity index (χ3v) is 3.74. The van der Waals surface area contributed by atoms with Gasteiger partial charge in [-0.05, 0) is 29.5 Å². The molecule has 1 aromatic rings. The molecule has 0 heterocycles. The van der Waals surface area contributed by atoms with E-state index in [-0.39, 0.29) is 5.02 Å². The minimum atomic E-state index is -4.93. The van der Waals surface area contributed by atoms with Crippen LogP contribution in [0.2, 0.25) is 5.02 Å². The van der Waals surface area contributed by atoms with E-state index < -0.39 is 30.2 Å². The summed E-state index contributed by atoms with van der Waals surface area (Å²) in [5.41, 5.74) is -3.85. The number of aliphatic hydroxyl groups is 2. The van der Waals surface area contributed by atoms with E-state index in [0.717, 1.165) is 0 Å². The SMILES string of the molecule is COc1ccc(C(C)(C)CC(O)(CO)C(F)(F)F)c(Cl)c1. The van der Waals surface area contributed by atoms with Gasteiger partial charge >= 0.3 is 6.18 Å². The van der Waals surface area contributed by atoms with Crippen molar-refractivity contribution in [2.75, 3.05) is 13.7 Å². The van der Waals surface area contributed by atoms with Gasteiger partial charge in [0.15, 0.2) is 5.60 Å². The molecule has 0 aliphatic heterocycles. The second kappa shape index (κ2) is 6.02. The van der Waals surface area contributed by atoms with Gasteiger partial charge in [0.1, 0.15) is 5.75 Å². The minimum absolute atomic E-state index is 0.238. The Hall–Kier alpha value is -0.980. The Morgan fingerprint density at radius 2 is 1.81 bits per heavy atom. The Bertz CT molecular complexity index is 503. The molecule has 2 N–H and O–H groups in total. The third kappa shape index (κ3) is 3.81. The number of rotatable bonds is 5. The molecule has 7 heteroatoms. The lowest BCUT2D eigenvalue weighted by Crippen LogP contribution is -2.52. The minimum Gasteiger partial charge on any atom is -0.497 e. The van der Waals surface area contributed by atoms with Crippen molar-refractivity contribution in [3.05, 3.63) is 28.8 Å². The molecule has 0 fully saturated rings. The molecule has 21 heavy (non-hydrogen) atoms. The van der Waals surface area contributed by atoms with Crippen molar-refractivity contribution < 1.29 is 28.1 Å². The van der Waals surface area contributed by atoms with Crippen LogP contribution in [0, 0.1) is 0 Å². The van der Waals surface area contributed by atoms with Gasteiger partial charge in [-0.1, -0.05) is 31.5 Å². The summed E-state index contributed by atoms with van der Waals surface area (Å²) in [6.45, 7) is 1.63. The van der Waals surface area contributed by atoms with E-state index in [1.54, 1.807) is 12.1 Å². The second-order valence-electron chi connectivity index (χ2n) is 5.59. The molecule has 0 saturated carbocycles. The molecule has 120 valence electrons. The van der Waals surface area contributed by atoms with E-state index in [4.69, 9.17) is 21.4 Å². The van der Waals surface area contributed by atoms with E-state index in [1.165, 1.54) is 27.0 Å². The molecule has 0 amide bonds. The van der Waals surface area contributed by atoms with Gasteiger partial charge in [-0.2, -0.15) is 13.2 Å². The lowest BCUT2D eigenvalue weighted by atomic mass is 9.75. The molecule has 0 saturated heterocycles. The molecule has 1 rings (SSSR count). The fraction of sp³-hybridized carbons (Fsp3) is 0.571. The van der Waals surface area contributed by atoms with Gasteiger partial charge in [0.2, 0.25) is 0 Å². The van der Waals surface area contributed by atoms with Crippen LogP contribution in [0.5, 0.6) is 5.75 Å². The molecule has 0 aliphatic carbocycles. The monoisotopic (exact) mass is 326 g/mol. The standard InChI is InChI=1S/C14H18ClF3O3/c1-12(2,7-13(20,8-19)14(16,17)18)10-5-4-9(21-3)6-11(10)15/h4-6,19-20H,7-8H2,1-3H3. The fourth-order valence-electron chi connectivity index (χ4n) is 2.24. The predicted molar refractivity (Wildman–Crippen MR) is 73.7 cm³/mol. The summed E-state index contributed by atoms with van der Waals surface area (Å²) in [5.74, 6) is 0.479. The smallest absolute Gasteiger partial charge is 0.419 e. The van der Waals surface area contributed by atoms with Gasteiger partial charge in [-0.25, -0.2) is 0 Å². The largest absolute Gasteiger partial charge is 0.497 e. The van der Waals surface area contributed by atoms with Crippen LogP contribution in [0.15, 0.2) is 18.2 Å². The zero-order valence-corrected chi connectivity index (χ0v) is 12.7. The van der Waals surface area contributed by atoms with Crippen LogP contribution in [-0.2, 0) is 5.41 Å². The van der Waals surface area contributed by atoms with Gasteiger partial charge in [0.25, 0.3) is 0 Å². The Labute approximate surface area is 126 Å². The van der Waals surface area contributed by atoms with E-state index in [0.29, 0.717) is 11.3 Å². The van der Waals surface area contributed by atoms with Crippen LogP contribution in [-0.4, -0.2) is 35.7 Å². The molecule has 1 atom stereocenters. The van der Waals surface area contributed by atoms with Crippen LogP contribution in [0.4, 0.5) is 13.2 Å². The quantitative estimate of drug-likeness (QED) is 0.873. The molecular weight excluding hydrogens is 309 g/mol. The molecule has 0 radical (unpaired) electrons. The number of methoxy groups -OCH3 is 1. The number of halogens is 4. The zero-order chi connectivity index (χ0) is 16.5. The van der Waals surface area contributed by atoms with Crippen LogP contribution in [0.25, 0.3) is 0 Å². The van der Waals surface area contributed by atoms with Crippen molar-refractivity contribution in [2.45, 2.75) is 37.5 Å². The Morgan fingerprint density at radius 1 is 1.24 bits per heavy atom. The summed E-state index contributed by atoms with van der Waals surface area (Å²) < 4.78 is 43.7. The van der Waals surface area contributed by atoms with Gasteiger partial charge in [-0.3, -0.25) is 0 Å². The van der Waals surface area contributed by atoms with E-state index >= 15 is 0 Å². The number of hydrogen-bond donors (Lipinski definition) is 2. The first-order valence-corrected chi connectivity index (χ1v) is 6.58. The van der Waals surface area contributed by atoms with E-state index in [9.17, 15) is 18.3 Å². The van der Waals surface area contributed by atoms with E-state index in [2.05, 4.69) is 0 Å². The van der Waals surface area contributed by atoms with Crippen LogP contribution >= 0.6 is 11.6 Å². The molecule has 0 bridgehead atoms. The normalized spacial score (nSPS) is 15.7. The predicted octanol–water partition coefficient (Wildman–Crippen LogP) is 3.30. The first-order valence-electron chi connectivity index (χ1n) is 6.21. The summed E-state index contributed by atoms with van der Waals surface area (Å²) in [7, 11) is 1.45. The third-order valence-electron chi connectivity index (χ3n) is 3.43. The Kier molecular flexibility index (Phi) is 5.18. The van der Waals surface area contributed by atoms with Crippen LogP contribution in [0.1, 0.15) is 25.8 Å². The van der Waals surface area contributed by atoms with E-state index in [1.807, 2.05) is 0 Å². The molecule has 0 spiro atoms. The highest BCUT2D eigenvalue weighted by molar-refractivity contribution is 6.31. The maximum Gasteiger partial charge on any atom is 0.419 e. The fourth-order valence-corrected chi connectivity index (χ4v) is 2.67. The summed E-state index contributed by atoms with van der Waals surface area (Å²) >= 11 is 6.07. The second-order valence-corrected chi connectivity index (χ2v) is 6.00. The zero-order valence-electron chi connectivity index (χ0n) is 12.0. The topological polar surface area (TPSA) is 49.7 Å². The van der Waals surface area contributed by atoms with Crippen LogP contribution in [0.3, 0.4) is 0 Å². The van der Waals surface area contributed by atoms with Crippen molar-refractivity contribution >= 4 is 11.6 Å². The van der Waals surface area contributed by atoms with Gasteiger partial charge in [0, 0.05) is 5.02 Å². The van der Waals surface area contributed by atoms with Gasteiger partial charge < -0.3 is 14.9 Å². The molecule has 0 aliphatic rings. The maximum absolute atomic E-state index is 12.9. The van der Waals surface area contributed by atoms with Crippen molar-refractivity contribution in [3.8, 4) is 5.75 Å². The molecule has 0 aromatic heterocycles. The Morgan fingerprint density at radius 3 is 2.19 bits per heavy atom. The average Bonchev–Trinajstić information content (AvgIpc) is 2.36. The molecule has 1 aromatic carbocycles. The first-order chi connectivity index (χ1) is 9.47. The molecule has 1 unspecified atom stereocenters. The first kappa shape index (κ1) is 18.1. The number of ether oxygens (including phenoxy) is 1. The number of benzene rings is 1. The number of alkyl halides is 3. The van der Waals surface area contributed by atoms with Crippen molar-refractivity contribution in [1.82, 2.24) is 0 Å².